The molecule has 0 aliphatic heterocycles. The van der Waals surface area contributed by atoms with Gasteiger partial charge in [0.15, 0.2) is 0 Å². The van der Waals surface area contributed by atoms with Crippen LogP contribution in [0.1, 0.15) is 59.8 Å². The lowest BCUT2D eigenvalue weighted by atomic mass is 9.86. The zero-order valence-corrected chi connectivity index (χ0v) is 13.2. The number of carbonyl (C=O) groups is 2. The summed E-state index contributed by atoms with van der Waals surface area (Å²) in [5.74, 6) is -0.725. The maximum absolute atomic E-state index is 11.9. The van der Waals surface area contributed by atoms with E-state index in [1.807, 2.05) is 0 Å². The molecule has 0 aliphatic carbocycles. The van der Waals surface area contributed by atoms with Crippen LogP contribution in [0.5, 0.6) is 0 Å². The van der Waals surface area contributed by atoms with Crippen LogP contribution < -0.4 is 11.1 Å². The molecule has 0 aromatic rings. The van der Waals surface area contributed by atoms with E-state index in [-0.39, 0.29) is 5.91 Å². The fraction of sp³-hybridized carbons (Fsp3) is 0.867. The summed E-state index contributed by atoms with van der Waals surface area (Å²) in [7, 11) is 0. The molecule has 0 aliphatic rings. The van der Waals surface area contributed by atoms with E-state index in [9.17, 15) is 14.7 Å². The van der Waals surface area contributed by atoms with E-state index in [0.717, 1.165) is 25.7 Å². The third-order valence-corrected chi connectivity index (χ3v) is 3.47. The van der Waals surface area contributed by atoms with E-state index in [0.29, 0.717) is 18.9 Å². The lowest BCUT2D eigenvalue weighted by Gasteiger charge is -2.28. The van der Waals surface area contributed by atoms with Gasteiger partial charge in [0, 0.05) is 6.42 Å². The Morgan fingerprint density at radius 3 is 2.20 bits per heavy atom. The van der Waals surface area contributed by atoms with Crippen LogP contribution in [0.3, 0.4) is 0 Å². The highest BCUT2D eigenvalue weighted by Gasteiger charge is 2.32. The first kappa shape index (κ1) is 18.9. The molecule has 0 aromatic heterocycles. The van der Waals surface area contributed by atoms with E-state index in [1.54, 1.807) is 20.8 Å². The van der Waals surface area contributed by atoms with Gasteiger partial charge in [0.1, 0.15) is 6.04 Å². The Morgan fingerprint density at radius 1 is 1.20 bits per heavy atom. The van der Waals surface area contributed by atoms with Gasteiger partial charge in [-0.15, -0.1) is 0 Å². The largest absolute Gasteiger partial charge is 0.480 e. The molecular formula is C15H30N2O3. The molecule has 5 nitrogen and oxygen atoms in total. The van der Waals surface area contributed by atoms with Gasteiger partial charge in [0.25, 0.3) is 0 Å². The van der Waals surface area contributed by atoms with Crippen LogP contribution >= 0.6 is 0 Å². The smallest absolute Gasteiger partial charge is 0.326 e. The highest BCUT2D eigenvalue weighted by molar-refractivity contribution is 5.84. The highest BCUT2D eigenvalue weighted by atomic mass is 16.4. The molecular weight excluding hydrogens is 256 g/mol. The maximum atomic E-state index is 11.9. The molecule has 0 saturated carbocycles. The van der Waals surface area contributed by atoms with Crippen molar-refractivity contribution in [3.8, 4) is 0 Å². The number of nitrogens with two attached hydrogens (primary N) is 1. The van der Waals surface area contributed by atoms with Gasteiger partial charge in [-0.25, -0.2) is 4.79 Å². The molecule has 0 heterocycles. The van der Waals surface area contributed by atoms with E-state index in [2.05, 4.69) is 12.2 Å². The molecule has 0 radical (unpaired) electrons. The molecule has 118 valence electrons. The minimum Gasteiger partial charge on any atom is -0.480 e. The van der Waals surface area contributed by atoms with Crippen molar-refractivity contribution >= 4 is 11.9 Å². The topological polar surface area (TPSA) is 92.4 Å². The molecule has 2 atom stereocenters. The van der Waals surface area contributed by atoms with Crippen molar-refractivity contribution in [3.05, 3.63) is 0 Å². The Kier molecular flexibility index (Phi) is 8.46. The summed E-state index contributed by atoms with van der Waals surface area (Å²) in [6, 6.07) is -0.853. The molecule has 0 aromatic carbocycles. The zero-order valence-electron chi connectivity index (χ0n) is 13.2. The van der Waals surface area contributed by atoms with E-state index < -0.39 is 17.4 Å². The van der Waals surface area contributed by atoms with E-state index in [1.165, 1.54) is 0 Å². The summed E-state index contributed by atoms with van der Waals surface area (Å²) < 4.78 is 0. The Morgan fingerprint density at radius 2 is 1.80 bits per heavy atom. The number of carbonyl (C=O) groups excluding carboxylic acids is 1. The van der Waals surface area contributed by atoms with Crippen molar-refractivity contribution in [3.63, 3.8) is 0 Å². The molecule has 0 bridgehead atoms. The van der Waals surface area contributed by atoms with Gasteiger partial charge in [-0.1, -0.05) is 40.5 Å². The Bertz CT molecular complexity index is 305. The first-order valence-electron chi connectivity index (χ1n) is 7.44. The van der Waals surface area contributed by atoms with Crippen LogP contribution in [0.4, 0.5) is 0 Å². The molecule has 0 fully saturated rings. The van der Waals surface area contributed by atoms with E-state index in [4.69, 9.17) is 5.73 Å². The van der Waals surface area contributed by atoms with Crippen molar-refractivity contribution in [2.75, 3.05) is 6.54 Å². The fourth-order valence-electron chi connectivity index (χ4n) is 2.29. The molecule has 0 spiro atoms. The normalized spacial score (nSPS) is 14.7. The van der Waals surface area contributed by atoms with Gasteiger partial charge in [-0.3, -0.25) is 4.79 Å². The standard InChI is InChI=1S/C15H30N2O3/c1-5-6-11(9-10-16)7-8-12(18)17-13(14(19)20)15(2,3)4/h11,13H,5-10,16H2,1-4H3,(H,17,18)(H,19,20). The van der Waals surface area contributed by atoms with Crippen LogP contribution in [0, 0.1) is 11.3 Å². The molecule has 0 rings (SSSR count). The predicted octanol–water partition coefficient (Wildman–Crippen LogP) is 2.15. The van der Waals surface area contributed by atoms with Gasteiger partial charge in [-0.05, 0) is 30.7 Å². The lowest BCUT2D eigenvalue weighted by Crippen LogP contribution is -2.49. The van der Waals surface area contributed by atoms with Crippen LogP contribution in [-0.2, 0) is 9.59 Å². The summed E-state index contributed by atoms with van der Waals surface area (Å²) in [5, 5.41) is 11.8. The van der Waals surface area contributed by atoms with Crippen molar-refractivity contribution in [2.24, 2.45) is 17.1 Å². The Labute approximate surface area is 122 Å². The molecule has 5 heteroatoms. The van der Waals surface area contributed by atoms with Crippen molar-refractivity contribution < 1.29 is 14.7 Å². The first-order chi connectivity index (χ1) is 9.22. The molecule has 2 unspecified atom stereocenters. The summed E-state index contributed by atoms with van der Waals surface area (Å²) in [6.07, 6.45) is 4.19. The molecule has 1 amide bonds. The van der Waals surface area contributed by atoms with Crippen molar-refractivity contribution in [2.45, 2.75) is 65.8 Å². The van der Waals surface area contributed by atoms with Crippen LogP contribution in [0.15, 0.2) is 0 Å². The van der Waals surface area contributed by atoms with Crippen LogP contribution in [-0.4, -0.2) is 29.6 Å². The van der Waals surface area contributed by atoms with Crippen molar-refractivity contribution in [1.82, 2.24) is 5.32 Å². The Balaban J connectivity index is 4.36. The van der Waals surface area contributed by atoms with Crippen LogP contribution in [0.2, 0.25) is 0 Å². The number of hydrogen-bond donors (Lipinski definition) is 3. The third-order valence-electron chi connectivity index (χ3n) is 3.47. The van der Waals surface area contributed by atoms with Gasteiger partial charge >= 0.3 is 5.97 Å². The second-order valence-electron chi connectivity index (χ2n) is 6.48. The van der Waals surface area contributed by atoms with Gasteiger partial charge in [0.2, 0.25) is 5.91 Å². The van der Waals surface area contributed by atoms with Gasteiger partial charge in [0.05, 0.1) is 0 Å². The number of amides is 1. The molecule has 0 saturated heterocycles. The summed E-state index contributed by atoms with van der Waals surface area (Å²) >= 11 is 0. The number of rotatable bonds is 9. The number of nitrogens with one attached hydrogen (secondary N) is 1. The minimum atomic E-state index is -0.988. The summed E-state index contributed by atoms with van der Waals surface area (Å²) in [5.41, 5.74) is 5.07. The van der Waals surface area contributed by atoms with Crippen LogP contribution in [0.25, 0.3) is 0 Å². The fourth-order valence-corrected chi connectivity index (χ4v) is 2.29. The summed E-state index contributed by atoms with van der Waals surface area (Å²) in [6.45, 7) is 8.16. The van der Waals surface area contributed by atoms with Gasteiger partial charge < -0.3 is 16.2 Å². The second-order valence-corrected chi connectivity index (χ2v) is 6.48. The average molecular weight is 286 g/mol. The number of aliphatic carboxylic acids is 1. The number of carboxylic acids is 1. The average Bonchev–Trinajstić information content (AvgIpc) is 2.31. The highest BCUT2D eigenvalue weighted by Crippen LogP contribution is 2.21. The molecule has 4 N–H and O–H groups in total. The third kappa shape index (κ3) is 7.48. The first-order valence-corrected chi connectivity index (χ1v) is 7.44. The molecule has 20 heavy (non-hydrogen) atoms. The predicted molar refractivity (Wildman–Crippen MR) is 80.3 cm³/mol. The van der Waals surface area contributed by atoms with Crippen molar-refractivity contribution in [1.29, 1.82) is 0 Å². The lowest BCUT2D eigenvalue weighted by molar-refractivity contribution is -0.145. The second kappa shape index (κ2) is 8.95. The Hall–Kier alpha value is -1.10. The monoisotopic (exact) mass is 286 g/mol. The summed E-state index contributed by atoms with van der Waals surface area (Å²) in [4.78, 5) is 23.1. The maximum Gasteiger partial charge on any atom is 0.326 e. The zero-order chi connectivity index (χ0) is 15.8. The quantitative estimate of drug-likeness (QED) is 0.605. The van der Waals surface area contributed by atoms with E-state index >= 15 is 0 Å². The van der Waals surface area contributed by atoms with Gasteiger partial charge in [-0.2, -0.15) is 0 Å². The minimum absolute atomic E-state index is 0.189. The number of hydrogen-bond acceptors (Lipinski definition) is 3. The number of carboxylic acid groups (broad SMARTS) is 1. The SMILES string of the molecule is CCCC(CCN)CCC(=O)NC(C(=O)O)C(C)(C)C.